The van der Waals surface area contributed by atoms with Gasteiger partial charge in [0.1, 0.15) is 48.3 Å². The van der Waals surface area contributed by atoms with Gasteiger partial charge in [-0.3, -0.25) is 24.4 Å². The van der Waals surface area contributed by atoms with Crippen molar-refractivity contribution >= 4 is 29.4 Å². The number of anilines is 2. The zero-order valence-electron chi connectivity index (χ0n) is 45.9. The van der Waals surface area contributed by atoms with Crippen molar-refractivity contribution in [3.63, 3.8) is 0 Å². The summed E-state index contributed by atoms with van der Waals surface area (Å²) in [5.41, 5.74) is -2.41. The summed E-state index contributed by atoms with van der Waals surface area (Å²) in [7, 11) is 0. The molecule has 0 radical (unpaired) electrons. The van der Waals surface area contributed by atoms with Crippen LogP contribution in [0.2, 0.25) is 0 Å². The van der Waals surface area contributed by atoms with Crippen LogP contribution in [0.5, 0.6) is 0 Å². The van der Waals surface area contributed by atoms with Gasteiger partial charge >= 0.3 is 12.4 Å². The maximum absolute atomic E-state index is 12.9. The number of halogens is 6. The van der Waals surface area contributed by atoms with Gasteiger partial charge in [-0.15, -0.1) is 0 Å². The second-order valence-corrected chi connectivity index (χ2v) is 18.4. The van der Waals surface area contributed by atoms with Crippen molar-refractivity contribution in [2.75, 3.05) is 169 Å². The van der Waals surface area contributed by atoms with E-state index in [1.165, 1.54) is 6.92 Å². The van der Waals surface area contributed by atoms with Gasteiger partial charge in [-0.2, -0.15) is 26.3 Å². The standard InChI is InChI=1S/C49H77F6N9O19/c1-32(65)60-33(26-78-6-2-42(66)58-4-8-72-10-12-74-14-16-76-18-20-80-30-36-46(70)44(68)34(28-82-36)61-40-24-56-22-38(63-40)48(50,51)52)27-79-7-3-43(67)59-5-9-73-11-13-75-15-17-77-19-21-81-31-37-47(71)45(69)35(29-83-37)62-41-25-57-23-39(64-41)49(53,54)55/h22-25,33-37,44-47,68-71H,2-21,26-31H2,1H3,(H,58,66)(H,59,67)(H,60,65)(H,61,63)(H,62,64)/t34-,35-,36+,37+,44+,45+,46-,47-/m0/s1. The van der Waals surface area contributed by atoms with Crippen LogP contribution in [0.1, 0.15) is 31.2 Å². The molecule has 0 spiro atoms. The highest BCUT2D eigenvalue weighted by Crippen LogP contribution is 2.29. The third-order valence-electron chi connectivity index (χ3n) is 11.7. The third kappa shape index (κ3) is 29.7. The summed E-state index contributed by atoms with van der Waals surface area (Å²) in [4.78, 5) is 50.0. The number of ether oxygens (including phenoxy) is 12. The Labute approximate surface area is 474 Å². The summed E-state index contributed by atoms with van der Waals surface area (Å²) in [6.45, 7) is 5.24. The molecule has 2 aliphatic heterocycles. The molecule has 0 aromatic carbocycles. The number of nitrogens with one attached hydrogen (secondary N) is 5. The van der Waals surface area contributed by atoms with E-state index in [0.29, 0.717) is 12.4 Å². The van der Waals surface area contributed by atoms with Crippen LogP contribution in [0.3, 0.4) is 0 Å². The molecule has 2 aromatic heterocycles. The maximum Gasteiger partial charge on any atom is 0.434 e. The second-order valence-electron chi connectivity index (χ2n) is 18.4. The minimum Gasteiger partial charge on any atom is -0.388 e. The molecule has 9 N–H and O–H groups in total. The first-order valence-corrected chi connectivity index (χ1v) is 26.7. The second kappa shape index (κ2) is 39.7. The van der Waals surface area contributed by atoms with Gasteiger partial charge in [0.25, 0.3) is 0 Å². The van der Waals surface area contributed by atoms with E-state index in [0.717, 1.165) is 12.4 Å². The molecule has 2 aromatic rings. The van der Waals surface area contributed by atoms with Crippen molar-refractivity contribution in [3.8, 4) is 0 Å². The molecule has 0 aliphatic carbocycles. The molecule has 2 saturated heterocycles. The quantitative estimate of drug-likeness (QED) is 0.0269. The molecule has 8 atom stereocenters. The van der Waals surface area contributed by atoms with E-state index in [4.69, 9.17) is 56.8 Å². The first-order valence-electron chi connectivity index (χ1n) is 26.7. The lowest BCUT2D eigenvalue weighted by atomic mass is 9.98. The molecule has 28 nitrogen and oxygen atoms in total. The van der Waals surface area contributed by atoms with E-state index in [9.17, 15) is 61.2 Å². The SMILES string of the molecule is CC(=O)NC(COCCC(=O)NCCOCCOCCOCCOC[C@H]1OC[C@H](Nc2cncc(C(F)(F)F)n2)[C@@H](O)[C@H]1O)COCCC(=O)NCCOCCOCCOCCOC[C@H]1OC[C@H](Nc2cncc(C(F)(F)F)n2)[C@@H](O)[C@H]1O. The average Bonchev–Trinajstić information content (AvgIpc) is 3.46. The average molecular weight is 1210 g/mol. The Morgan fingerprint density at radius 1 is 0.518 bits per heavy atom. The van der Waals surface area contributed by atoms with Gasteiger partial charge in [-0.25, -0.2) is 9.97 Å². The van der Waals surface area contributed by atoms with Crippen LogP contribution in [-0.4, -0.2) is 271 Å². The van der Waals surface area contributed by atoms with Crippen LogP contribution in [-0.2, 0) is 83.6 Å². The first-order chi connectivity index (χ1) is 39.8. The maximum atomic E-state index is 12.9. The molecule has 0 saturated carbocycles. The van der Waals surface area contributed by atoms with E-state index >= 15 is 0 Å². The molecule has 2 aliphatic rings. The van der Waals surface area contributed by atoms with E-state index in [1.54, 1.807) is 0 Å². The Morgan fingerprint density at radius 2 is 0.867 bits per heavy atom. The molecule has 4 heterocycles. The Morgan fingerprint density at radius 3 is 1.22 bits per heavy atom. The smallest absolute Gasteiger partial charge is 0.388 e. The normalized spacial score (nSPS) is 21.2. The Balaban J connectivity index is 0.859. The number of alkyl halides is 6. The number of aliphatic hydroxyl groups is 4. The van der Waals surface area contributed by atoms with Crippen molar-refractivity contribution < 1.29 is 118 Å². The predicted molar refractivity (Wildman–Crippen MR) is 273 cm³/mol. The number of nitrogens with zero attached hydrogens (tertiary/aromatic N) is 4. The molecule has 4 rings (SSSR count). The van der Waals surface area contributed by atoms with Crippen molar-refractivity contribution in [3.05, 3.63) is 36.2 Å². The highest BCUT2D eigenvalue weighted by Gasteiger charge is 2.41. The van der Waals surface area contributed by atoms with Crippen LogP contribution in [0.25, 0.3) is 0 Å². The number of aliphatic hydroxyl groups excluding tert-OH is 4. The van der Waals surface area contributed by atoms with Crippen LogP contribution in [0.15, 0.2) is 24.8 Å². The van der Waals surface area contributed by atoms with Gasteiger partial charge in [0.05, 0.1) is 188 Å². The Kier molecular flexibility index (Phi) is 33.7. The van der Waals surface area contributed by atoms with Crippen molar-refractivity contribution in [1.29, 1.82) is 0 Å². The Hall–Kier alpha value is -4.89. The highest BCUT2D eigenvalue weighted by atomic mass is 19.4. The van der Waals surface area contributed by atoms with Gasteiger partial charge in [-0.1, -0.05) is 0 Å². The third-order valence-corrected chi connectivity index (χ3v) is 11.7. The van der Waals surface area contributed by atoms with E-state index in [2.05, 4.69) is 46.5 Å². The number of aromatic nitrogens is 4. The van der Waals surface area contributed by atoms with Crippen LogP contribution < -0.4 is 26.6 Å². The lowest BCUT2D eigenvalue weighted by molar-refractivity contribution is -0.161. The summed E-state index contributed by atoms with van der Waals surface area (Å²) in [6.07, 6.45) is -13.3. The van der Waals surface area contributed by atoms with Crippen molar-refractivity contribution in [2.45, 2.75) is 86.9 Å². The predicted octanol–water partition coefficient (Wildman–Crippen LogP) is -1.51. The largest absolute Gasteiger partial charge is 0.434 e. The van der Waals surface area contributed by atoms with Crippen molar-refractivity contribution in [1.82, 2.24) is 35.9 Å². The first kappa shape index (κ1) is 70.6. The van der Waals surface area contributed by atoms with Gasteiger partial charge < -0.3 is 104 Å². The zero-order valence-corrected chi connectivity index (χ0v) is 45.9. The van der Waals surface area contributed by atoms with Gasteiger partial charge in [0, 0.05) is 32.9 Å². The van der Waals surface area contributed by atoms with Gasteiger partial charge in [-0.05, 0) is 0 Å². The molecule has 83 heavy (non-hydrogen) atoms. The fourth-order valence-electron chi connectivity index (χ4n) is 7.46. The molecular weight excluding hydrogens is 1130 g/mol. The van der Waals surface area contributed by atoms with Crippen molar-refractivity contribution in [2.24, 2.45) is 0 Å². The number of rotatable bonds is 43. The molecule has 474 valence electrons. The zero-order chi connectivity index (χ0) is 60.3. The minimum absolute atomic E-state index is 0.0654. The number of carbonyl (C=O) groups excluding carboxylic acids is 3. The van der Waals surface area contributed by atoms with Crippen LogP contribution >= 0.6 is 0 Å². The number of hydrogen-bond donors (Lipinski definition) is 9. The van der Waals surface area contributed by atoms with E-state index in [-0.39, 0.29) is 201 Å². The monoisotopic (exact) mass is 1210 g/mol. The lowest BCUT2D eigenvalue weighted by Crippen LogP contribution is -2.57. The summed E-state index contributed by atoms with van der Waals surface area (Å²) in [6, 6.07) is -2.39. The molecule has 3 amide bonds. The topological polar surface area (TPSA) is 355 Å². The summed E-state index contributed by atoms with van der Waals surface area (Å²) in [5.74, 6) is -1.29. The van der Waals surface area contributed by atoms with E-state index in [1.807, 2.05) is 0 Å². The summed E-state index contributed by atoms with van der Waals surface area (Å²) >= 11 is 0. The van der Waals surface area contributed by atoms with Gasteiger partial charge in [0.2, 0.25) is 17.7 Å². The van der Waals surface area contributed by atoms with Crippen LogP contribution in [0.4, 0.5) is 38.0 Å². The van der Waals surface area contributed by atoms with Gasteiger partial charge in [0.15, 0.2) is 11.4 Å². The number of hydrogen-bond acceptors (Lipinski definition) is 25. The lowest BCUT2D eigenvalue weighted by Gasteiger charge is -2.38. The highest BCUT2D eigenvalue weighted by molar-refractivity contribution is 5.76. The molecule has 0 unspecified atom stereocenters. The summed E-state index contributed by atoms with van der Waals surface area (Å²) in [5, 5.41) is 55.2. The summed E-state index contributed by atoms with van der Waals surface area (Å²) < 4.78 is 144. The fraction of sp³-hybridized carbons (Fsp3) is 0.776. The minimum atomic E-state index is -4.70. The fourth-order valence-corrected chi connectivity index (χ4v) is 7.46. The molecule has 34 heteroatoms. The number of amides is 3. The molecule has 2 fully saturated rings. The molecular formula is C49H77F6N9O19. The van der Waals surface area contributed by atoms with Crippen LogP contribution in [0, 0.1) is 0 Å². The van der Waals surface area contributed by atoms with E-state index < -0.39 is 78.5 Å². The Bertz CT molecular complexity index is 1990. The number of carbonyl (C=O) groups is 3. The molecule has 0 bridgehead atoms.